The molecule has 0 aliphatic rings. The van der Waals surface area contributed by atoms with E-state index in [1.165, 1.54) is 6.20 Å². The van der Waals surface area contributed by atoms with E-state index in [2.05, 4.69) is 15.7 Å². The highest BCUT2D eigenvalue weighted by Crippen LogP contribution is 1.97. The maximum atomic E-state index is 10.0. The Morgan fingerprint density at radius 2 is 2.70 bits per heavy atom. The minimum atomic E-state index is -0.849. The van der Waals surface area contributed by atoms with Crippen LogP contribution in [0.1, 0.15) is 12.3 Å². The largest absolute Gasteiger partial charge is 0.481 e. The summed E-state index contributed by atoms with van der Waals surface area (Å²) in [5.74, 6) is -0.430. The van der Waals surface area contributed by atoms with Crippen LogP contribution >= 0.6 is 0 Å². The Morgan fingerprint density at radius 3 is 3.20 bits per heavy atom. The summed E-state index contributed by atoms with van der Waals surface area (Å²) < 4.78 is 4.68. The zero-order valence-electron chi connectivity index (χ0n) is 5.20. The lowest BCUT2D eigenvalue weighted by Crippen LogP contribution is -1.97. The van der Waals surface area contributed by atoms with Crippen LogP contribution in [0.15, 0.2) is 10.6 Å². The molecule has 1 N–H and O–H groups in total. The van der Waals surface area contributed by atoms with Crippen molar-refractivity contribution in [3.05, 3.63) is 18.4 Å². The van der Waals surface area contributed by atoms with Crippen LogP contribution in [0.5, 0.6) is 0 Å². The van der Waals surface area contributed by atoms with Crippen LogP contribution in [0.3, 0.4) is 0 Å². The van der Waals surface area contributed by atoms with E-state index in [1.54, 1.807) is 0 Å². The average Bonchev–Trinajstić information content (AvgIpc) is 2.34. The normalized spacial score (nSPS) is 9.60. The van der Waals surface area contributed by atoms with Crippen LogP contribution in [0.4, 0.5) is 0 Å². The second kappa shape index (κ2) is 3.00. The van der Waals surface area contributed by atoms with Crippen molar-refractivity contribution in [2.45, 2.75) is 12.8 Å². The van der Waals surface area contributed by atoms with E-state index >= 15 is 0 Å². The lowest BCUT2D eigenvalue weighted by molar-refractivity contribution is -0.137. The molecule has 0 unspecified atom stereocenters. The van der Waals surface area contributed by atoms with Gasteiger partial charge in [0.2, 0.25) is 0 Å². The summed E-state index contributed by atoms with van der Waals surface area (Å²) in [4.78, 5) is 13.7. The van der Waals surface area contributed by atoms with Crippen molar-refractivity contribution in [3.63, 3.8) is 0 Å². The molecule has 4 nitrogen and oxygen atoms in total. The fourth-order valence-corrected chi connectivity index (χ4v) is 0.549. The van der Waals surface area contributed by atoms with Crippen molar-refractivity contribution in [2.24, 2.45) is 0 Å². The third kappa shape index (κ3) is 1.89. The number of nitrogens with zero attached hydrogens (tertiary/aromatic N) is 1. The zero-order chi connectivity index (χ0) is 7.40. The van der Waals surface area contributed by atoms with Gasteiger partial charge in [-0.1, -0.05) is 0 Å². The SMILES string of the molecule is O=C(O)CCc1nc[c]o1. The number of carbonyl (C=O) groups is 1. The molecular weight excluding hydrogens is 134 g/mol. The number of carboxylic acid groups (broad SMARTS) is 1. The Morgan fingerprint density at radius 1 is 1.90 bits per heavy atom. The van der Waals surface area contributed by atoms with Gasteiger partial charge in [0.15, 0.2) is 12.2 Å². The molecule has 0 bridgehead atoms. The third-order valence-corrected chi connectivity index (χ3v) is 0.991. The minimum absolute atomic E-state index is 0.0500. The monoisotopic (exact) mass is 140 g/mol. The van der Waals surface area contributed by atoms with Crippen LogP contribution in [0.25, 0.3) is 0 Å². The molecule has 0 amide bonds. The lowest BCUT2D eigenvalue weighted by atomic mass is 10.3. The molecule has 53 valence electrons. The van der Waals surface area contributed by atoms with Gasteiger partial charge < -0.3 is 9.52 Å². The van der Waals surface area contributed by atoms with Gasteiger partial charge >= 0.3 is 5.97 Å². The molecule has 0 atom stereocenters. The molecule has 0 fully saturated rings. The number of aliphatic carboxylic acids is 1. The first-order chi connectivity index (χ1) is 4.79. The van der Waals surface area contributed by atoms with E-state index in [0.29, 0.717) is 12.3 Å². The summed E-state index contributed by atoms with van der Waals surface area (Å²) >= 11 is 0. The van der Waals surface area contributed by atoms with Crippen LogP contribution in [0.2, 0.25) is 0 Å². The van der Waals surface area contributed by atoms with Crippen LogP contribution < -0.4 is 0 Å². The lowest BCUT2D eigenvalue weighted by Gasteiger charge is -1.87. The van der Waals surface area contributed by atoms with Gasteiger partial charge in [-0.3, -0.25) is 4.79 Å². The van der Waals surface area contributed by atoms with Crippen LogP contribution in [-0.4, -0.2) is 16.1 Å². The Labute approximate surface area is 57.5 Å². The van der Waals surface area contributed by atoms with Gasteiger partial charge in [0.05, 0.1) is 12.6 Å². The highest BCUT2D eigenvalue weighted by molar-refractivity contribution is 5.66. The summed E-state index contributed by atoms with van der Waals surface area (Å²) in [6.45, 7) is 0. The topological polar surface area (TPSA) is 63.3 Å². The van der Waals surface area contributed by atoms with Crippen molar-refractivity contribution in [1.82, 2.24) is 4.98 Å². The van der Waals surface area contributed by atoms with E-state index in [9.17, 15) is 4.79 Å². The molecule has 1 rings (SSSR count). The Kier molecular flexibility index (Phi) is 2.04. The summed E-state index contributed by atoms with van der Waals surface area (Å²) in [5, 5.41) is 8.23. The maximum Gasteiger partial charge on any atom is 0.303 e. The van der Waals surface area contributed by atoms with Gasteiger partial charge in [-0.05, 0) is 0 Å². The second-order valence-corrected chi connectivity index (χ2v) is 1.77. The van der Waals surface area contributed by atoms with E-state index in [1.807, 2.05) is 0 Å². The fourth-order valence-electron chi connectivity index (χ4n) is 0.549. The minimum Gasteiger partial charge on any atom is -0.481 e. The molecule has 0 aliphatic carbocycles. The second-order valence-electron chi connectivity index (χ2n) is 1.77. The molecule has 1 heterocycles. The molecule has 1 radical (unpaired) electrons. The molecule has 1 aromatic heterocycles. The molecule has 0 saturated carbocycles. The molecule has 10 heavy (non-hydrogen) atoms. The number of hydrogen-bond donors (Lipinski definition) is 1. The molecule has 0 aromatic carbocycles. The van der Waals surface area contributed by atoms with Gasteiger partial charge in [0.1, 0.15) is 0 Å². The quantitative estimate of drug-likeness (QED) is 0.663. The van der Waals surface area contributed by atoms with Crippen LogP contribution in [-0.2, 0) is 11.2 Å². The molecule has 1 aromatic rings. The summed E-state index contributed by atoms with van der Waals surface area (Å²) in [6.07, 6.45) is 4.13. The first-order valence-electron chi connectivity index (χ1n) is 2.81. The smallest absolute Gasteiger partial charge is 0.303 e. The van der Waals surface area contributed by atoms with Gasteiger partial charge in [-0.25, -0.2) is 4.98 Å². The number of hydrogen-bond acceptors (Lipinski definition) is 3. The number of rotatable bonds is 3. The van der Waals surface area contributed by atoms with E-state index in [4.69, 9.17) is 5.11 Å². The molecule has 4 heteroatoms. The standard InChI is InChI=1S/C6H6NO3/c8-6(9)2-1-5-7-3-4-10-5/h3H,1-2H2,(H,8,9). The van der Waals surface area contributed by atoms with Crippen molar-refractivity contribution < 1.29 is 14.3 Å². The molecule has 0 spiro atoms. The number of carboxylic acids is 1. The highest BCUT2D eigenvalue weighted by Gasteiger charge is 2.01. The Bertz CT molecular complexity index is 205. The number of aryl methyl sites for hydroxylation is 1. The molecule has 0 saturated heterocycles. The maximum absolute atomic E-state index is 10.0. The first kappa shape index (κ1) is 6.80. The van der Waals surface area contributed by atoms with Gasteiger partial charge in [-0.2, -0.15) is 0 Å². The number of oxazole rings is 1. The Balaban J connectivity index is 2.35. The summed E-state index contributed by atoms with van der Waals surface area (Å²) in [7, 11) is 0. The summed E-state index contributed by atoms with van der Waals surface area (Å²) in [5.41, 5.74) is 0. The van der Waals surface area contributed by atoms with E-state index in [-0.39, 0.29) is 6.42 Å². The predicted molar refractivity (Wildman–Crippen MR) is 31.3 cm³/mol. The van der Waals surface area contributed by atoms with Crippen molar-refractivity contribution >= 4 is 5.97 Å². The van der Waals surface area contributed by atoms with Crippen molar-refractivity contribution in [3.8, 4) is 0 Å². The van der Waals surface area contributed by atoms with Crippen molar-refractivity contribution in [2.75, 3.05) is 0 Å². The van der Waals surface area contributed by atoms with Gasteiger partial charge in [-0.15, -0.1) is 0 Å². The highest BCUT2D eigenvalue weighted by atomic mass is 16.4. The molecular formula is C6H6NO3. The van der Waals surface area contributed by atoms with Crippen molar-refractivity contribution in [1.29, 1.82) is 0 Å². The van der Waals surface area contributed by atoms with Gasteiger partial charge in [0, 0.05) is 6.42 Å². The average molecular weight is 140 g/mol. The number of aromatic nitrogens is 1. The van der Waals surface area contributed by atoms with Gasteiger partial charge in [0.25, 0.3) is 0 Å². The fraction of sp³-hybridized carbons (Fsp3) is 0.333. The van der Waals surface area contributed by atoms with E-state index in [0.717, 1.165) is 0 Å². The predicted octanol–water partition coefficient (Wildman–Crippen LogP) is 0.492. The summed E-state index contributed by atoms with van der Waals surface area (Å²) in [6, 6.07) is 0. The first-order valence-corrected chi connectivity index (χ1v) is 2.81. The van der Waals surface area contributed by atoms with E-state index < -0.39 is 5.97 Å². The Hall–Kier alpha value is -1.32. The molecule has 0 aliphatic heterocycles. The van der Waals surface area contributed by atoms with Crippen LogP contribution in [0, 0.1) is 6.26 Å². The zero-order valence-corrected chi connectivity index (χ0v) is 5.20. The third-order valence-electron chi connectivity index (χ3n) is 0.991.